The molecule has 1 aromatic carbocycles. The summed E-state index contributed by atoms with van der Waals surface area (Å²) in [5.74, 6) is -2.70. The zero-order valence-electron chi connectivity index (χ0n) is 8.84. The van der Waals surface area contributed by atoms with E-state index in [4.69, 9.17) is 0 Å². The Labute approximate surface area is 101 Å². The number of ketones is 1. The second-order valence-corrected chi connectivity index (χ2v) is 3.94. The average Bonchev–Trinajstić information content (AvgIpc) is 2.26. The monoisotopic (exact) mass is 288 g/mol. The van der Waals surface area contributed by atoms with Gasteiger partial charge in [0.25, 0.3) is 5.78 Å². The average molecular weight is 289 g/mol. The van der Waals surface area contributed by atoms with E-state index in [1.54, 1.807) is 6.92 Å². The van der Waals surface area contributed by atoms with Crippen molar-refractivity contribution < 1.29 is 18.7 Å². The molecule has 0 saturated heterocycles. The predicted octanol–water partition coefficient (Wildman–Crippen LogP) is 2.64. The Kier molecular flexibility index (Phi) is 4.18. The van der Waals surface area contributed by atoms with Gasteiger partial charge in [-0.25, -0.2) is 9.18 Å². The molecule has 86 valence electrons. The van der Waals surface area contributed by atoms with Crippen LogP contribution in [0.15, 0.2) is 16.6 Å². The van der Waals surface area contributed by atoms with Crippen molar-refractivity contribution in [3.05, 3.63) is 33.5 Å². The van der Waals surface area contributed by atoms with Gasteiger partial charge in [-0.3, -0.25) is 4.79 Å². The van der Waals surface area contributed by atoms with E-state index in [0.717, 1.165) is 0 Å². The molecule has 1 aromatic rings. The number of carbonyl (C=O) groups excluding carboxylic acids is 2. The van der Waals surface area contributed by atoms with Crippen LogP contribution >= 0.6 is 15.9 Å². The van der Waals surface area contributed by atoms with Gasteiger partial charge in [0.05, 0.1) is 12.2 Å². The van der Waals surface area contributed by atoms with E-state index in [1.165, 1.54) is 19.1 Å². The summed E-state index contributed by atoms with van der Waals surface area (Å²) in [4.78, 5) is 22.6. The summed E-state index contributed by atoms with van der Waals surface area (Å²) in [6.07, 6.45) is 0. The van der Waals surface area contributed by atoms with Gasteiger partial charge >= 0.3 is 5.97 Å². The fourth-order valence-corrected chi connectivity index (χ4v) is 1.45. The van der Waals surface area contributed by atoms with E-state index >= 15 is 0 Å². The van der Waals surface area contributed by atoms with Crippen LogP contribution < -0.4 is 0 Å². The molecule has 3 nitrogen and oxygen atoms in total. The van der Waals surface area contributed by atoms with Crippen LogP contribution in [0.1, 0.15) is 22.8 Å². The molecule has 0 unspecified atom stereocenters. The van der Waals surface area contributed by atoms with Crippen molar-refractivity contribution in [3.8, 4) is 0 Å². The number of rotatable bonds is 3. The molecule has 0 fully saturated rings. The summed E-state index contributed by atoms with van der Waals surface area (Å²) in [5.41, 5.74) is 0.0225. The smallest absolute Gasteiger partial charge is 0.379 e. The molecule has 0 aliphatic heterocycles. The van der Waals surface area contributed by atoms with Crippen LogP contribution in [0.3, 0.4) is 0 Å². The van der Waals surface area contributed by atoms with Crippen LogP contribution in [0.5, 0.6) is 0 Å². The third kappa shape index (κ3) is 2.47. The molecule has 0 amide bonds. The number of esters is 1. The fourth-order valence-electron chi connectivity index (χ4n) is 1.14. The lowest BCUT2D eigenvalue weighted by Gasteiger charge is -2.05. The maximum absolute atomic E-state index is 13.7. The van der Waals surface area contributed by atoms with Crippen molar-refractivity contribution in [1.82, 2.24) is 0 Å². The van der Waals surface area contributed by atoms with Crippen molar-refractivity contribution in [2.75, 3.05) is 6.61 Å². The molecule has 5 heteroatoms. The Morgan fingerprint density at radius 2 is 2.06 bits per heavy atom. The molecular weight excluding hydrogens is 279 g/mol. The maximum atomic E-state index is 13.7. The highest BCUT2D eigenvalue weighted by atomic mass is 79.9. The lowest BCUT2D eigenvalue weighted by molar-refractivity contribution is -0.137. The minimum atomic E-state index is -1.04. The number of carbonyl (C=O) groups is 2. The highest BCUT2D eigenvalue weighted by Gasteiger charge is 2.22. The lowest BCUT2D eigenvalue weighted by atomic mass is 10.1. The number of halogens is 2. The largest absolute Gasteiger partial charge is 0.460 e. The Balaban J connectivity index is 3.10. The molecule has 0 bridgehead atoms. The van der Waals surface area contributed by atoms with Crippen molar-refractivity contribution >= 4 is 27.7 Å². The Bertz CT molecular complexity index is 443. The molecular formula is C11H10BrFO3. The van der Waals surface area contributed by atoms with Crippen molar-refractivity contribution in [2.45, 2.75) is 13.8 Å². The lowest BCUT2D eigenvalue weighted by Crippen LogP contribution is -2.19. The SMILES string of the molecule is CCOC(=O)C(=O)c1ccc(Br)c(C)c1F. The standard InChI is InChI=1S/C11H10BrFO3/c1-3-16-11(15)10(14)7-4-5-8(12)6(2)9(7)13/h4-5H,3H2,1-2H3. The summed E-state index contributed by atoms with van der Waals surface area (Å²) in [6, 6.07) is 2.77. The normalized spacial score (nSPS) is 10.0. The minimum Gasteiger partial charge on any atom is -0.460 e. The fraction of sp³-hybridized carbons (Fsp3) is 0.273. The number of Topliss-reactive ketones (excluding diaryl/α,β-unsaturated/α-hetero) is 1. The van der Waals surface area contributed by atoms with Crippen LogP contribution in [0.2, 0.25) is 0 Å². The molecule has 16 heavy (non-hydrogen) atoms. The second kappa shape index (κ2) is 5.21. The van der Waals surface area contributed by atoms with E-state index < -0.39 is 17.6 Å². The molecule has 0 N–H and O–H groups in total. The molecule has 0 saturated carbocycles. The summed E-state index contributed by atoms with van der Waals surface area (Å²) < 4.78 is 18.7. The molecule has 0 radical (unpaired) electrons. The molecule has 0 aromatic heterocycles. The molecule has 0 aliphatic rings. The van der Waals surface area contributed by atoms with Crippen LogP contribution in [-0.2, 0) is 9.53 Å². The Morgan fingerprint density at radius 1 is 1.44 bits per heavy atom. The molecule has 0 heterocycles. The van der Waals surface area contributed by atoms with E-state index in [1.807, 2.05) is 0 Å². The predicted molar refractivity (Wildman–Crippen MR) is 59.8 cm³/mol. The zero-order valence-corrected chi connectivity index (χ0v) is 10.4. The first-order chi connectivity index (χ1) is 7.49. The van der Waals surface area contributed by atoms with Crippen LogP contribution in [-0.4, -0.2) is 18.4 Å². The Hall–Kier alpha value is -1.23. The third-order valence-electron chi connectivity index (χ3n) is 2.03. The first kappa shape index (κ1) is 12.8. The van der Waals surface area contributed by atoms with Gasteiger partial charge in [-0.15, -0.1) is 0 Å². The number of hydrogen-bond acceptors (Lipinski definition) is 3. The van der Waals surface area contributed by atoms with Gasteiger partial charge in [-0.2, -0.15) is 0 Å². The van der Waals surface area contributed by atoms with Gasteiger partial charge in [-0.1, -0.05) is 15.9 Å². The molecule has 1 rings (SSSR count). The summed E-state index contributed by atoms with van der Waals surface area (Å²) in [6.45, 7) is 3.18. The molecule has 0 spiro atoms. The van der Waals surface area contributed by atoms with E-state index in [2.05, 4.69) is 20.7 Å². The van der Waals surface area contributed by atoms with Crippen LogP contribution in [0.25, 0.3) is 0 Å². The summed E-state index contributed by atoms with van der Waals surface area (Å²) in [5, 5.41) is 0. The van der Waals surface area contributed by atoms with Crippen LogP contribution in [0, 0.1) is 12.7 Å². The van der Waals surface area contributed by atoms with Crippen molar-refractivity contribution in [3.63, 3.8) is 0 Å². The van der Waals surface area contributed by atoms with Gasteiger partial charge in [0.2, 0.25) is 0 Å². The van der Waals surface area contributed by atoms with Gasteiger partial charge in [-0.05, 0) is 31.5 Å². The number of hydrogen-bond donors (Lipinski definition) is 0. The second-order valence-electron chi connectivity index (χ2n) is 3.08. The first-order valence-corrected chi connectivity index (χ1v) is 5.44. The zero-order chi connectivity index (χ0) is 12.3. The summed E-state index contributed by atoms with van der Waals surface area (Å²) >= 11 is 3.13. The maximum Gasteiger partial charge on any atom is 0.379 e. The van der Waals surface area contributed by atoms with Crippen molar-refractivity contribution in [2.24, 2.45) is 0 Å². The van der Waals surface area contributed by atoms with Gasteiger partial charge < -0.3 is 4.74 Å². The van der Waals surface area contributed by atoms with E-state index in [9.17, 15) is 14.0 Å². The molecule has 0 aliphatic carbocycles. The highest BCUT2D eigenvalue weighted by Crippen LogP contribution is 2.22. The Morgan fingerprint density at radius 3 is 2.62 bits per heavy atom. The number of ether oxygens (including phenoxy) is 1. The van der Waals surface area contributed by atoms with Crippen LogP contribution in [0.4, 0.5) is 4.39 Å². The topological polar surface area (TPSA) is 43.4 Å². The van der Waals surface area contributed by atoms with Gasteiger partial charge in [0.1, 0.15) is 5.82 Å². The first-order valence-electron chi connectivity index (χ1n) is 4.65. The molecule has 0 atom stereocenters. The van der Waals surface area contributed by atoms with Gasteiger partial charge in [0.15, 0.2) is 0 Å². The van der Waals surface area contributed by atoms with Crippen molar-refractivity contribution in [1.29, 1.82) is 0 Å². The van der Waals surface area contributed by atoms with Gasteiger partial charge in [0, 0.05) is 4.47 Å². The number of benzene rings is 1. The third-order valence-corrected chi connectivity index (χ3v) is 2.88. The highest BCUT2D eigenvalue weighted by molar-refractivity contribution is 9.10. The summed E-state index contributed by atoms with van der Waals surface area (Å²) in [7, 11) is 0. The van der Waals surface area contributed by atoms with E-state index in [-0.39, 0.29) is 17.7 Å². The minimum absolute atomic E-state index is 0.0850. The van der Waals surface area contributed by atoms with E-state index in [0.29, 0.717) is 4.47 Å². The quantitative estimate of drug-likeness (QED) is 0.488.